The van der Waals surface area contributed by atoms with Crippen molar-refractivity contribution < 1.29 is 4.74 Å². The van der Waals surface area contributed by atoms with Gasteiger partial charge in [-0.3, -0.25) is 0 Å². The van der Waals surface area contributed by atoms with E-state index in [0.29, 0.717) is 12.5 Å². The third kappa shape index (κ3) is 3.26. The lowest BCUT2D eigenvalue weighted by Gasteiger charge is -2.13. The molecular weight excluding hydrogens is 276 g/mol. The lowest BCUT2D eigenvalue weighted by Crippen LogP contribution is -2.35. The molecule has 1 aromatic heterocycles. The van der Waals surface area contributed by atoms with Crippen LogP contribution in [0.2, 0.25) is 0 Å². The molecule has 2 unspecified atom stereocenters. The molecule has 5 heteroatoms. The molecule has 2 rings (SSSR count). The standard InChI is InChI=1S/C10H15BrN2OS/c11-10-2-1-8(15-10)4-13-3-7-5-14-6-9(7)12/h1-2,7,9,13H,3-6,12H2. The highest BCUT2D eigenvalue weighted by Crippen LogP contribution is 2.21. The van der Waals surface area contributed by atoms with Crippen LogP contribution in [0, 0.1) is 5.92 Å². The van der Waals surface area contributed by atoms with Crippen LogP contribution in [-0.2, 0) is 11.3 Å². The van der Waals surface area contributed by atoms with E-state index in [2.05, 4.69) is 33.4 Å². The Morgan fingerprint density at radius 1 is 1.53 bits per heavy atom. The second kappa shape index (κ2) is 5.41. The van der Waals surface area contributed by atoms with Crippen molar-refractivity contribution in [3.63, 3.8) is 0 Å². The fourth-order valence-corrected chi connectivity index (χ4v) is 3.11. The molecule has 2 heterocycles. The lowest BCUT2D eigenvalue weighted by molar-refractivity contribution is 0.184. The maximum Gasteiger partial charge on any atom is 0.0701 e. The van der Waals surface area contributed by atoms with Crippen molar-refractivity contribution in [2.75, 3.05) is 19.8 Å². The lowest BCUT2D eigenvalue weighted by atomic mass is 10.1. The summed E-state index contributed by atoms with van der Waals surface area (Å²) < 4.78 is 6.49. The monoisotopic (exact) mass is 290 g/mol. The smallest absolute Gasteiger partial charge is 0.0701 e. The van der Waals surface area contributed by atoms with Gasteiger partial charge in [0.2, 0.25) is 0 Å². The molecule has 0 bridgehead atoms. The molecule has 84 valence electrons. The Labute approximate surface area is 102 Å². The molecule has 2 atom stereocenters. The van der Waals surface area contributed by atoms with Gasteiger partial charge in [-0.1, -0.05) is 0 Å². The van der Waals surface area contributed by atoms with E-state index in [1.165, 1.54) is 8.66 Å². The van der Waals surface area contributed by atoms with Crippen LogP contribution in [0.1, 0.15) is 4.88 Å². The van der Waals surface area contributed by atoms with Gasteiger partial charge in [0.1, 0.15) is 0 Å². The van der Waals surface area contributed by atoms with Crippen molar-refractivity contribution >= 4 is 27.3 Å². The first-order valence-corrected chi connectivity index (χ1v) is 6.65. The summed E-state index contributed by atoms with van der Waals surface area (Å²) in [7, 11) is 0. The van der Waals surface area contributed by atoms with Gasteiger partial charge in [0, 0.05) is 29.9 Å². The SMILES string of the molecule is NC1COCC1CNCc1ccc(Br)s1. The summed E-state index contributed by atoms with van der Waals surface area (Å²) in [5, 5.41) is 3.42. The predicted molar refractivity (Wildman–Crippen MR) is 66.0 cm³/mol. The highest BCUT2D eigenvalue weighted by atomic mass is 79.9. The molecule has 1 aliphatic heterocycles. The topological polar surface area (TPSA) is 47.3 Å². The Bertz CT molecular complexity index is 318. The Balaban J connectivity index is 1.70. The third-order valence-corrected chi connectivity index (χ3v) is 4.21. The van der Waals surface area contributed by atoms with Crippen LogP contribution in [0.25, 0.3) is 0 Å². The first kappa shape index (κ1) is 11.5. The van der Waals surface area contributed by atoms with Gasteiger partial charge >= 0.3 is 0 Å². The first-order valence-electron chi connectivity index (χ1n) is 5.04. The number of nitrogens with two attached hydrogens (primary N) is 1. The summed E-state index contributed by atoms with van der Waals surface area (Å²) in [5.41, 5.74) is 5.89. The minimum absolute atomic E-state index is 0.201. The van der Waals surface area contributed by atoms with E-state index in [0.717, 1.165) is 19.7 Å². The molecular formula is C10H15BrN2OS. The first-order chi connectivity index (χ1) is 7.25. The van der Waals surface area contributed by atoms with Crippen molar-refractivity contribution in [2.45, 2.75) is 12.6 Å². The Morgan fingerprint density at radius 3 is 3.00 bits per heavy atom. The zero-order valence-corrected chi connectivity index (χ0v) is 10.8. The molecule has 0 radical (unpaired) electrons. The quantitative estimate of drug-likeness (QED) is 0.885. The molecule has 15 heavy (non-hydrogen) atoms. The van der Waals surface area contributed by atoms with Gasteiger partial charge in [-0.2, -0.15) is 0 Å². The largest absolute Gasteiger partial charge is 0.379 e. The van der Waals surface area contributed by atoms with E-state index in [1.807, 2.05) is 0 Å². The van der Waals surface area contributed by atoms with Crippen molar-refractivity contribution in [2.24, 2.45) is 11.7 Å². The van der Waals surface area contributed by atoms with Crippen LogP contribution < -0.4 is 11.1 Å². The van der Waals surface area contributed by atoms with Crippen molar-refractivity contribution in [1.29, 1.82) is 0 Å². The minimum atomic E-state index is 0.201. The van der Waals surface area contributed by atoms with Crippen LogP contribution in [0.5, 0.6) is 0 Å². The number of nitrogens with one attached hydrogen (secondary N) is 1. The third-order valence-electron chi connectivity index (χ3n) is 2.58. The Morgan fingerprint density at radius 2 is 2.40 bits per heavy atom. The van der Waals surface area contributed by atoms with Gasteiger partial charge in [0.05, 0.1) is 17.0 Å². The fraction of sp³-hybridized carbons (Fsp3) is 0.600. The van der Waals surface area contributed by atoms with Crippen molar-refractivity contribution in [3.8, 4) is 0 Å². The Hall–Kier alpha value is 0.0600. The van der Waals surface area contributed by atoms with E-state index >= 15 is 0 Å². The summed E-state index contributed by atoms with van der Waals surface area (Å²) in [4.78, 5) is 1.34. The van der Waals surface area contributed by atoms with Crippen molar-refractivity contribution in [1.82, 2.24) is 5.32 Å². The average molecular weight is 291 g/mol. The molecule has 1 saturated heterocycles. The van der Waals surface area contributed by atoms with E-state index in [1.54, 1.807) is 11.3 Å². The van der Waals surface area contributed by atoms with Crippen LogP contribution in [0.3, 0.4) is 0 Å². The van der Waals surface area contributed by atoms with Gasteiger partial charge in [0.25, 0.3) is 0 Å². The van der Waals surface area contributed by atoms with E-state index in [4.69, 9.17) is 10.5 Å². The highest BCUT2D eigenvalue weighted by Gasteiger charge is 2.23. The van der Waals surface area contributed by atoms with Gasteiger partial charge in [-0.25, -0.2) is 0 Å². The molecule has 0 aromatic carbocycles. The van der Waals surface area contributed by atoms with Crippen molar-refractivity contribution in [3.05, 3.63) is 20.8 Å². The zero-order chi connectivity index (χ0) is 10.7. The predicted octanol–water partition coefficient (Wildman–Crippen LogP) is 1.57. The summed E-state index contributed by atoms with van der Waals surface area (Å²) in [6, 6.07) is 4.41. The fourth-order valence-electron chi connectivity index (χ4n) is 1.65. The van der Waals surface area contributed by atoms with Crippen LogP contribution in [0.15, 0.2) is 15.9 Å². The molecule has 0 amide bonds. The summed E-state index contributed by atoms with van der Waals surface area (Å²) in [6.07, 6.45) is 0. The van der Waals surface area contributed by atoms with E-state index in [9.17, 15) is 0 Å². The molecule has 1 fully saturated rings. The second-order valence-electron chi connectivity index (χ2n) is 3.80. The molecule has 1 aromatic rings. The van der Waals surface area contributed by atoms with Crippen LogP contribution in [-0.4, -0.2) is 25.8 Å². The maximum absolute atomic E-state index is 5.89. The average Bonchev–Trinajstić information content (AvgIpc) is 2.77. The molecule has 0 saturated carbocycles. The number of rotatable bonds is 4. The van der Waals surface area contributed by atoms with E-state index in [-0.39, 0.29) is 6.04 Å². The highest BCUT2D eigenvalue weighted by molar-refractivity contribution is 9.11. The van der Waals surface area contributed by atoms with Gasteiger partial charge < -0.3 is 15.8 Å². The molecule has 0 spiro atoms. The van der Waals surface area contributed by atoms with Gasteiger partial charge in [0.15, 0.2) is 0 Å². The van der Waals surface area contributed by atoms with Crippen LogP contribution in [0.4, 0.5) is 0 Å². The number of hydrogen-bond donors (Lipinski definition) is 2. The van der Waals surface area contributed by atoms with Crippen LogP contribution >= 0.6 is 27.3 Å². The summed E-state index contributed by atoms with van der Waals surface area (Å²) in [5.74, 6) is 0.466. The molecule has 3 nitrogen and oxygen atoms in total. The number of hydrogen-bond acceptors (Lipinski definition) is 4. The Kier molecular flexibility index (Phi) is 4.16. The maximum atomic E-state index is 5.89. The zero-order valence-electron chi connectivity index (χ0n) is 8.41. The normalized spacial score (nSPS) is 26.0. The second-order valence-corrected chi connectivity index (χ2v) is 6.35. The molecule has 0 aliphatic carbocycles. The van der Waals surface area contributed by atoms with Gasteiger partial charge in [-0.15, -0.1) is 11.3 Å². The van der Waals surface area contributed by atoms with E-state index < -0.39 is 0 Å². The number of ether oxygens (including phenoxy) is 1. The molecule has 3 N–H and O–H groups in total. The number of thiophene rings is 1. The minimum Gasteiger partial charge on any atom is -0.379 e. The summed E-state index contributed by atoms with van der Waals surface area (Å²) in [6.45, 7) is 3.36. The van der Waals surface area contributed by atoms with Gasteiger partial charge in [-0.05, 0) is 28.1 Å². The summed E-state index contributed by atoms with van der Waals surface area (Å²) >= 11 is 5.21. The molecule has 1 aliphatic rings. The number of halogens is 1.